The molecule has 0 N–H and O–H groups in total. The van der Waals surface area contributed by atoms with Gasteiger partial charge in [-0.1, -0.05) is 26.0 Å². The lowest BCUT2D eigenvalue weighted by atomic mass is 10.0. The molecule has 0 spiro atoms. The van der Waals surface area contributed by atoms with Gasteiger partial charge in [0.2, 0.25) is 10.0 Å². The number of anilines is 1. The first-order valence-electron chi connectivity index (χ1n) is 9.16. The molecule has 150 valence electrons. The van der Waals surface area contributed by atoms with Gasteiger partial charge in [0.25, 0.3) is 5.69 Å². The van der Waals surface area contributed by atoms with Crippen LogP contribution in [0.5, 0.6) is 0 Å². The number of hydrogen-bond acceptors (Lipinski definition) is 6. The van der Waals surface area contributed by atoms with Crippen molar-refractivity contribution in [3.63, 3.8) is 0 Å². The molecule has 8 nitrogen and oxygen atoms in total. The summed E-state index contributed by atoms with van der Waals surface area (Å²) in [5.41, 5.74) is 1.76. The van der Waals surface area contributed by atoms with Crippen molar-refractivity contribution in [1.29, 1.82) is 0 Å². The summed E-state index contributed by atoms with van der Waals surface area (Å²) in [6.45, 7) is 7.55. The van der Waals surface area contributed by atoms with Crippen LogP contribution in [0.15, 0.2) is 41.4 Å². The quantitative estimate of drug-likeness (QED) is 0.561. The van der Waals surface area contributed by atoms with E-state index < -0.39 is 14.9 Å². The second-order valence-corrected chi connectivity index (χ2v) is 9.14. The van der Waals surface area contributed by atoms with Crippen molar-refractivity contribution in [3.05, 3.63) is 57.8 Å². The zero-order valence-electron chi connectivity index (χ0n) is 16.2. The fourth-order valence-corrected chi connectivity index (χ4v) is 4.72. The molecular weight excluding hydrogens is 380 g/mol. The first-order chi connectivity index (χ1) is 13.2. The highest BCUT2D eigenvalue weighted by Gasteiger charge is 2.29. The average molecular weight is 404 g/mol. The molecule has 28 heavy (non-hydrogen) atoms. The van der Waals surface area contributed by atoms with E-state index in [2.05, 4.69) is 18.8 Å². The van der Waals surface area contributed by atoms with Crippen LogP contribution < -0.4 is 4.90 Å². The predicted molar refractivity (Wildman–Crippen MR) is 107 cm³/mol. The van der Waals surface area contributed by atoms with E-state index in [9.17, 15) is 18.5 Å². The van der Waals surface area contributed by atoms with Crippen molar-refractivity contribution in [2.75, 3.05) is 31.1 Å². The molecule has 1 fully saturated rings. The molecule has 0 atom stereocenters. The summed E-state index contributed by atoms with van der Waals surface area (Å²) in [6, 6.07) is 8.54. The maximum Gasteiger partial charge on any atom is 0.287 e. The van der Waals surface area contributed by atoms with Gasteiger partial charge in [0.15, 0.2) is 0 Å². The zero-order chi connectivity index (χ0) is 20.5. The van der Waals surface area contributed by atoms with Gasteiger partial charge in [0.05, 0.1) is 9.82 Å². The van der Waals surface area contributed by atoms with E-state index in [0.29, 0.717) is 48.4 Å². The molecule has 0 aliphatic carbocycles. The number of benzene rings is 1. The Bertz CT molecular complexity index is 966. The summed E-state index contributed by atoms with van der Waals surface area (Å²) >= 11 is 0. The fourth-order valence-electron chi connectivity index (χ4n) is 3.30. The highest BCUT2D eigenvalue weighted by molar-refractivity contribution is 7.89. The van der Waals surface area contributed by atoms with Crippen LogP contribution in [0.4, 0.5) is 11.5 Å². The van der Waals surface area contributed by atoms with E-state index in [0.717, 1.165) is 5.56 Å². The summed E-state index contributed by atoms with van der Waals surface area (Å²) in [5, 5.41) is 10.9. The molecular formula is C19H24N4O4S. The van der Waals surface area contributed by atoms with Gasteiger partial charge in [-0.25, -0.2) is 13.4 Å². The third-order valence-electron chi connectivity index (χ3n) is 4.97. The maximum atomic E-state index is 12.9. The maximum absolute atomic E-state index is 12.9. The van der Waals surface area contributed by atoms with E-state index in [1.54, 1.807) is 19.1 Å². The lowest BCUT2D eigenvalue weighted by Crippen LogP contribution is -2.49. The van der Waals surface area contributed by atoms with Crippen molar-refractivity contribution in [3.8, 4) is 0 Å². The van der Waals surface area contributed by atoms with Gasteiger partial charge in [-0.3, -0.25) is 10.1 Å². The molecule has 1 aromatic carbocycles. The Morgan fingerprint density at radius 2 is 1.71 bits per heavy atom. The predicted octanol–water partition coefficient (Wildman–Crippen LogP) is 2.93. The molecule has 2 heterocycles. The van der Waals surface area contributed by atoms with Gasteiger partial charge in [0.1, 0.15) is 12.0 Å². The summed E-state index contributed by atoms with van der Waals surface area (Å²) in [4.78, 5) is 16.9. The number of sulfonamides is 1. The van der Waals surface area contributed by atoms with Gasteiger partial charge in [-0.05, 0) is 36.1 Å². The fraction of sp³-hybridized carbons (Fsp3) is 0.421. The van der Waals surface area contributed by atoms with Gasteiger partial charge >= 0.3 is 0 Å². The molecule has 9 heteroatoms. The first-order valence-corrected chi connectivity index (χ1v) is 10.6. The Morgan fingerprint density at radius 3 is 2.21 bits per heavy atom. The van der Waals surface area contributed by atoms with Crippen LogP contribution in [0, 0.1) is 17.0 Å². The van der Waals surface area contributed by atoms with Crippen LogP contribution in [0.1, 0.15) is 30.9 Å². The molecule has 0 saturated carbocycles. The molecule has 1 aliphatic rings. The Kier molecular flexibility index (Phi) is 5.66. The van der Waals surface area contributed by atoms with Crippen LogP contribution >= 0.6 is 0 Å². The van der Waals surface area contributed by atoms with Gasteiger partial charge < -0.3 is 4.90 Å². The monoisotopic (exact) mass is 404 g/mol. The average Bonchev–Trinajstić information content (AvgIpc) is 2.68. The largest absolute Gasteiger partial charge is 0.354 e. The number of pyridine rings is 1. The standard InChI is InChI=1S/C19H24N4O4S/c1-14(2)16-4-6-18(7-5-16)28(26,27)22-10-8-21(9-11-22)19-15(3)12-17(13-20-19)23(24)25/h4-7,12-14H,8-11H2,1-3H3. The Hall–Kier alpha value is -2.52. The minimum Gasteiger partial charge on any atom is -0.354 e. The first kappa shape index (κ1) is 20.2. The number of aromatic nitrogens is 1. The van der Waals surface area contributed by atoms with Gasteiger partial charge in [-0.15, -0.1) is 0 Å². The van der Waals surface area contributed by atoms with Crippen molar-refractivity contribution < 1.29 is 13.3 Å². The molecule has 0 unspecified atom stereocenters. The number of piperazine rings is 1. The zero-order valence-corrected chi connectivity index (χ0v) is 17.0. The van der Waals surface area contributed by atoms with Crippen molar-refractivity contribution in [2.45, 2.75) is 31.6 Å². The van der Waals surface area contributed by atoms with Crippen LogP contribution in [0.25, 0.3) is 0 Å². The lowest BCUT2D eigenvalue weighted by Gasteiger charge is -2.35. The molecule has 1 aliphatic heterocycles. The molecule has 2 aromatic rings. The molecule has 1 aromatic heterocycles. The van der Waals surface area contributed by atoms with Crippen LogP contribution in [-0.4, -0.2) is 48.8 Å². The van der Waals surface area contributed by atoms with E-state index in [1.807, 2.05) is 17.0 Å². The highest BCUT2D eigenvalue weighted by Crippen LogP contribution is 2.25. The number of nitro groups is 1. The second-order valence-electron chi connectivity index (χ2n) is 7.21. The smallest absolute Gasteiger partial charge is 0.287 e. The number of nitrogens with zero attached hydrogens (tertiary/aromatic N) is 4. The summed E-state index contributed by atoms with van der Waals surface area (Å²) < 4.78 is 27.3. The number of aryl methyl sites for hydroxylation is 1. The second kappa shape index (κ2) is 7.84. The summed E-state index contributed by atoms with van der Waals surface area (Å²) in [5.74, 6) is 1.00. The Labute approximate surface area is 165 Å². The SMILES string of the molecule is Cc1cc([N+](=O)[O-])cnc1N1CCN(S(=O)(=O)c2ccc(C(C)C)cc2)CC1. The number of hydrogen-bond donors (Lipinski definition) is 0. The normalized spacial score (nSPS) is 15.8. The van der Waals surface area contributed by atoms with Crippen molar-refractivity contribution in [2.24, 2.45) is 0 Å². The van der Waals surface area contributed by atoms with Crippen LogP contribution in [0.2, 0.25) is 0 Å². The summed E-state index contributed by atoms with van der Waals surface area (Å²) in [6.07, 6.45) is 1.24. The minimum atomic E-state index is -3.54. The van der Waals surface area contributed by atoms with E-state index in [-0.39, 0.29) is 5.69 Å². The molecule has 3 rings (SSSR count). The lowest BCUT2D eigenvalue weighted by molar-refractivity contribution is -0.385. The molecule has 0 bridgehead atoms. The van der Waals surface area contributed by atoms with Crippen molar-refractivity contribution in [1.82, 2.24) is 9.29 Å². The third-order valence-corrected chi connectivity index (χ3v) is 6.88. The molecule has 0 amide bonds. The van der Waals surface area contributed by atoms with Gasteiger partial charge in [-0.2, -0.15) is 4.31 Å². The Morgan fingerprint density at radius 1 is 1.11 bits per heavy atom. The van der Waals surface area contributed by atoms with E-state index in [1.165, 1.54) is 16.6 Å². The minimum absolute atomic E-state index is 0.0488. The van der Waals surface area contributed by atoms with E-state index in [4.69, 9.17) is 0 Å². The molecule has 1 saturated heterocycles. The summed E-state index contributed by atoms with van der Waals surface area (Å²) in [7, 11) is -3.54. The van der Waals surface area contributed by atoms with Crippen LogP contribution in [-0.2, 0) is 10.0 Å². The van der Waals surface area contributed by atoms with Crippen LogP contribution in [0.3, 0.4) is 0 Å². The number of rotatable bonds is 5. The topological polar surface area (TPSA) is 96.7 Å². The van der Waals surface area contributed by atoms with Gasteiger partial charge in [0, 0.05) is 32.2 Å². The third kappa shape index (κ3) is 4.00. The van der Waals surface area contributed by atoms with E-state index >= 15 is 0 Å². The highest BCUT2D eigenvalue weighted by atomic mass is 32.2. The van der Waals surface area contributed by atoms with Crippen molar-refractivity contribution >= 4 is 21.5 Å². The Balaban J connectivity index is 1.71. The molecule has 0 radical (unpaired) electrons.